The van der Waals surface area contributed by atoms with Crippen LogP contribution in [0.15, 0.2) is 83.4 Å². The van der Waals surface area contributed by atoms with E-state index in [9.17, 15) is 29.1 Å². The molecular weight excluding hydrogens is 1090 g/mol. The summed E-state index contributed by atoms with van der Waals surface area (Å²) < 4.78 is 34.6. The number of aryl methyl sites for hydroxylation is 2. The fraction of sp³-hybridized carbons (Fsp3) is 0.448. The zero-order valence-corrected chi connectivity index (χ0v) is 47.6. The quantitative estimate of drug-likeness (QED) is 0.0408. The summed E-state index contributed by atoms with van der Waals surface area (Å²) in [6.07, 6.45) is 7.73. The molecule has 2 aromatic carbocycles. The first-order chi connectivity index (χ1) is 40.1. The van der Waals surface area contributed by atoms with Crippen LogP contribution in [0.2, 0.25) is 0 Å². The zero-order chi connectivity index (χ0) is 58.4. The average molecular weight is 1160 g/mol. The summed E-state index contributed by atoms with van der Waals surface area (Å²) in [7, 11) is 0. The van der Waals surface area contributed by atoms with Crippen molar-refractivity contribution in [2.45, 2.75) is 82.8 Å². The molecule has 23 nitrogen and oxygen atoms in total. The number of fused-ring (bicyclic) bond motifs is 1. The normalized spacial score (nSPS) is 18.2. The number of amides is 5. The lowest BCUT2D eigenvalue weighted by Gasteiger charge is -2.43. The minimum atomic E-state index is -1.78. The van der Waals surface area contributed by atoms with E-state index in [0.717, 1.165) is 45.9 Å². The molecule has 3 aliphatic rings. The van der Waals surface area contributed by atoms with Crippen LogP contribution in [0.4, 0.5) is 15.9 Å². The number of anilines is 2. The number of piperazine rings is 1. The number of benzene rings is 2. The molecule has 438 valence electrons. The third-order valence-corrected chi connectivity index (χ3v) is 16.6. The van der Waals surface area contributed by atoms with Gasteiger partial charge in [0.15, 0.2) is 11.5 Å². The monoisotopic (exact) mass is 1160 g/mol. The minimum absolute atomic E-state index is 0.131. The van der Waals surface area contributed by atoms with E-state index >= 15 is 4.39 Å². The number of carbonyl (C=O) groups excluding carboxylic acids is 5. The van der Waals surface area contributed by atoms with Crippen molar-refractivity contribution in [3.8, 4) is 21.7 Å². The van der Waals surface area contributed by atoms with E-state index in [-0.39, 0.29) is 94.4 Å². The van der Waals surface area contributed by atoms with Gasteiger partial charge in [-0.05, 0) is 61.9 Å². The number of ether oxygens (including phenoxy) is 2. The number of β-amino-alcohol motifs (C(OH)–C–C–N with tert-alkyl or cyclic N) is 1. The lowest BCUT2D eigenvalue weighted by Crippen LogP contribution is -2.61. The van der Waals surface area contributed by atoms with Gasteiger partial charge in [0.25, 0.3) is 5.91 Å². The second kappa shape index (κ2) is 25.7. The second-order valence-electron chi connectivity index (χ2n) is 21.8. The van der Waals surface area contributed by atoms with Crippen molar-refractivity contribution in [3.63, 3.8) is 0 Å². The summed E-state index contributed by atoms with van der Waals surface area (Å²) in [5.41, 5.74) is 12.7. The molecule has 4 atom stereocenters. The van der Waals surface area contributed by atoms with Crippen LogP contribution in [-0.4, -0.2) is 174 Å². The Morgan fingerprint density at radius 3 is 2.29 bits per heavy atom. The van der Waals surface area contributed by atoms with Crippen molar-refractivity contribution in [3.05, 3.63) is 119 Å². The summed E-state index contributed by atoms with van der Waals surface area (Å²) in [5.74, 6) is -3.84. The van der Waals surface area contributed by atoms with Gasteiger partial charge in [0.2, 0.25) is 23.6 Å². The van der Waals surface area contributed by atoms with E-state index in [0.29, 0.717) is 60.6 Å². The Morgan fingerprint density at radius 1 is 0.928 bits per heavy atom. The summed E-state index contributed by atoms with van der Waals surface area (Å²) in [5, 5.41) is 31.0. The van der Waals surface area contributed by atoms with Crippen molar-refractivity contribution in [1.29, 1.82) is 0 Å². The number of rotatable bonds is 25. The molecule has 3 fully saturated rings. The molecule has 2 unspecified atom stereocenters. The van der Waals surface area contributed by atoms with Gasteiger partial charge in [0.1, 0.15) is 23.0 Å². The molecule has 7 aromatic rings. The highest BCUT2D eigenvalue weighted by Gasteiger charge is 2.59. The van der Waals surface area contributed by atoms with Crippen LogP contribution in [0.1, 0.15) is 96.0 Å². The molecule has 5 aromatic heterocycles. The summed E-state index contributed by atoms with van der Waals surface area (Å²) in [6.45, 7) is 10.2. The molecule has 1 saturated carbocycles. The molecule has 83 heavy (non-hydrogen) atoms. The van der Waals surface area contributed by atoms with E-state index < -0.39 is 47.0 Å². The Bertz CT molecular complexity index is 3430. The molecule has 2 aliphatic heterocycles. The van der Waals surface area contributed by atoms with Crippen LogP contribution in [-0.2, 0) is 28.7 Å². The van der Waals surface area contributed by atoms with E-state index in [2.05, 4.69) is 41.3 Å². The number of nitrogens with zero attached hydrogens (tertiary/aromatic N) is 9. The van der Waals surface area contributed by atoms with Gasteiger partial charge in [0, 0.05) is 100 Å². The first-order valence-corrected chi connectivity index (χ1v) is 28.8. The first kappa shape index (κ1) is 58.2. The number of halogens is 1. The Kier molecular flexibility index (Phi) is 18.0. The van der Waals surface area contributed by atoms with Crippen molar-refractivity contribution >= 4 is 58.0 Å². The minimum Gasteiger partial charge on any atom is -0.391 e. The van der Waals surface area contributed by atoms with Gasteiger partial charge in [-0.2, -0.15) is 5.10 Å². The molecule has 0 spiro atoms. The van der Waals surface area contributed by atoms with Gasteiger partial charge in [-0.15, -0.1) is 11.3 Å². The van der Waals surface area contributed by atoms with Crippen LogP contribution in [0.5, 0.6) is 0 Å². The van der Waals surface area contributed by atoms with Crippen LogP contribution in [0.25, 0.3) is 27.3 Å². The van der Waals surface area contributed by atoms with Crippen LogP contribution >= 0.6 is 11.3 Å². The third kappa shape index (κ3) is 13.1. The van der Waals surface area contributed by atoms with Crippen LogP contribution in [0, 0.1) is 25.6 Å². The van der Waals surface area contributed by atoms with E-state index in [4.69, 9.17) is 24.7 Å². The second-order valence-corrected chi connectivity index (χ2v) is 22.6. The number of nitrogens with one attached hydrogen (secondary N) is 4. The van der Waals surface area contributed by atoms with Crippen molar-refractivity contribution < 1.29 is 47.5 Å². The largest absolute Gasteiger partial charge is 0.391 e. The van der Waals surface area contributed by atoms with Gasteiger partial charge < -0.3 is 50.6 Å². The third-order valence-electron chi connectivity index (χ3n) is 15.6. The number of primary amides is 1. The number of hydrogen-bond donors (Lipinski definition) is 6. The van der Waals surface area contributed by atoms with Gasteiger partial charge in [-0.25, -0.2) is 19.3 Å². The molecule has 25 heteroatoms. The Labute approximate surface area is 482 Å². The summed E-state index contributed by atoms with van der Waals surface area (Å²) >= 11 is 1.49. The number of imidazole rings is 1. The van der Waals surface area contributed by atoms with Crippen molar-refractivity contribution in [2.24, 2.45) is 11.7 Å². The molecule has 10 rings (SSSR count). The van der Waals surface area contributed by atoms with E-state index in [1.165, 1.54) is 28.4 Å². The molecular formula is C58H69FN14O9S. The number of aromatic amines is 1. The Hall–Kier alpha value is -7.97. The standard InChI is InChI=1S/C58H69FN14O9S/c1-34(2)51(48-23-35(3)69-82-48)56(78)73-30-42(74)26-58(73,57(60)79)43(37-5-9-39(10-6-37)52-36(4)64-33-83-52)25-49(75)61-13-19-80-21-22-81-20-14-62-50(76)32-70-15-17-71(18-16-70)55(77)40-11-12-45(44(59)24-40)67-53-54-63-29-47(41-27-65-66-28-41)72(54)31-46(68-53)38-7-8-38/h5-6,9-12,23-24,27-29,31,33-34,38,42-43,51,74H,7-8,13-22,25-26,30,32H2,1-4H3,(H2,60,79)(H,61,75)(H,62,76)(H,65,66)(H,67,68)/t42?,43-,51+,58?/m0/s1. The zero-order valence-electron chi connectivity index (χ0n) is 46.8. The molecule has 1 aliphatic carbocycles. The molecule has 0 bridgehead atoms. The highest BCUT2D eigenvalue weighted by atomic mass is 32.1. The van der Waals surface area contributed by atoms with Crippen molar-refractivity contribution in [2.75, 3.05) is 84.1 Å². The maximum Gasteiger partial charge on any atom is 0.254 e. The maximum absolute atomic E-state index is 15.7. The molecule has 5 amide bonds. The lowest BCUT2D eigenvalue weighted by molar-refractivity contribution is -0.148. The molecule has 2 saturated heterocycles. The molecule has 7 heterocycles. The average Bonchev–Trinajstić information content (AvgIpc) is 4.15. The number of nitrogens with two attached hydrogens (primary N) is 1. The highest BCUT2D eigenvalue weighted by Crippen LogP contribution is 2.47. The van der Waals surface area contributed by atoms with Crippen LogP contribution in [0.3, 0.4) is 0 Å². The SMILES string of the molecule is Cc1cc([C@H](C(=O)N2CC(O)CC2(C(N)=O)[C@@H](CC(=O)NCCOCCOCCNC(=O)CN2CCN(C(=O)c3ccc(Nc4nc(C5CC5)cn5c(-c6cn[nH]c6)cnc45)c(F)c3)CC2)c2ccc(-c3scnc3C)cc2)C(C)C)on1. The number of aliphatic hydroxyl groups excluding tert-OH is 1. The molecule has 7 N–H and O–H groups in total. The first-order valence-electron chi connectivity index (χ1n) is 27.9. The highest BCUT2D eigenvalue weighted by molar-refractivity contribution is 7.13. The number of likely N-dealkylation sites (tertiary alicyclic amines) is 1. The van der Waals surface area contributed by atoms with Crippen LogP contribution < -0.4 is 21.7 Å². The van der Waals surface area contributed by atoms with Gasteiger partial charge in [-0.3, -0.25) is 38.4 Å². The molecule has 0 radical (unpaired) electrons. The number of H-pyrrole nitrogens is 1. The van der Waals surface area contributed by atoms with E-state index in [1.54, 1.807) is 48.1 Å². The predicted octanol–water partition coefficient (Wildman–Crippen LogP) is 5.06. The topological polar surface area (TPSA) is 294 Å². The fourth-order valence-corrected chi connectivity index (χ4v) is 12.0. The predicted molar refractivity (Wildman–Crippen MR) is 305 cm³/mol. The summed E-state index contributed by atoms with van der Waals surface area (Å²) in [4.78, 5) is 88.6. The van der Waals surface area contributed by atoms with E-state index in [1.807, 2.05) is 60.5 Å². The van der Waals surface area contributed by atoms with Gasteiger partial charge >= 0.3 is 0 Å². The van der Waals surface area contributed by atoms with Crippen molar-refractivity contribution in [1.82, 2.24) is 60.0 Å². The number of hydrogen-bond acceptors (Lipinski definition) is 17. The number of carbonyl (C=O) groups is 5. The Balaban J connectivity index is 0.647. The number of aromatic nitrogens is 7. The van der Waals surface area contributed by atoms with Gasteiger partial charge in [-0.1, -0.05) is 43.3 Å². The number of thiazole rings is 1. The van der Waals surface area contributed by atoms with Gasteiger partial charge in [0.05, 0.1) is 90.3 Å². The fourth-order valence-electron chi connectivity index (χ4n) is 11.2. The number of aliphatic hydroxyl groups is 1. The maximum atomic E-state index is 15.7. The smallest absolute Gasteiger partial charge is 0.254 e. The summed E-state index contributed by atoms with van der Waals surface area (Å²) in [6, 6.07) is 13.5. The lowest BCUT2D eigenvalue weighted by atomic mass is 9.73. The Morgan fingerprint density at radius 2 is 1.66 bits per heavy atom.